The minimum atomic E-state index is -0.372. The Kier molecular flexibility index (Phi) is 6.61. The number of imidazole rings is 1. The van der Waals surface area contributed by atoms with Gasteiger partial charge in [0.25, 0.3) is 0 Å². The number of aromatic nitrogens is 2. The zero-order valence-electron chi connectivity index (χ0n) is 14.7. The first-order chi connectivity index (χ1) is 11.5. The molecule has 1 unspecified atom stereocenters. The highest BCUT2D eigenvalue weighted by molar-refractivity contribution is 5.75. The van der Waals surface area contributed by atoms with Crippen molar-refractivity contribution in [1.82, 2.24) is 20.2 Å². The lowest BCUT2D eigenvalue weighted by Gasteiger charge is -2.14. The van der Waals surface area contributed by atoms with Crippen LogP contribution in [0.15, 0.2) is 24.3 Å². The van der Waals surface area contributed by atoms with Crippen LogP contribution in [0.3, 0.4) is 0 Å². The number of nitrogens with zero attached hydrogens (tertiary/aromatic N) is 2. The molecule has 2 aromatic rings. The van der Waals surface area contributed by atoms with E-state index in [2.05, 4.69) is 26.3 Å². The van der Waals surface area contributed by atoms with Crippen molar-refractivity contribution < 1.29 is 9.90 Å². The van der Waals surface area contributed by atoms with Gasteiger partial charge in [0.05, 0.1) is 17.1 Å². The van der Waals surface area contributed by atoms with E-state index in [-0.39, 0.29) is 18.1 Å². The summed E-state index contributed by atoms with van der Waals surface area (Å²) in [4.78, 5) is 16.2. The van der Waals surface area contributed by atoms with E-state index in [1.807, 2.05) is 39.0 Å². The van der Waals surface area contributed by atoms with Gasteiger partial charge in [-0.15, -0.1) is 0 Å². The number of fused-ring (bicyclic) bond motifs is 1. The monoisotopic (exact) mass is 332 g/mol. The molecule has 6 heteroatoms. The molecule has 0 fully saturated rings. The SMILES string of the molecule is Cc1nc2ccccc2n1CCCNC(=O)NCCC(O)C(C)C. The number of aliphatic hydroxyl groups is 1. The number of carbonyl (C=O) groups excluding carboxylic acids is 1. The number of carbonyl (C=O) groups is 1. The minimum Gasteiger partial charge on any atom is -0.393 e. The third-order valence-electron chi connectivity index (χ3n) is 4.18. The molecule has 0 aliphatic heterocycles. The molecule has 0 saturated heterocycles. The lowest BCUT2D eigenvalue weighted by molar-refractivity contribution is 0.116. The highest BCUT2D eigenvalue weighted by Crippen LogP contribution is 2.15. The van der Waals surface area contributed by atoms with Crippen molar-refractivity contribution in [3.8, 4) is 0 Å². The summed E-state index contributed by atoms with van der Waals surface area (Å²) in [5.74, 6) is 1.20. The smallest absolute Gasteiger partial charge is 0.314 e. The van der Waals surface area contributed by atoms with E-state index in [4.69, 9.17) is 0 Å². The first-order valence-electron chi connectivity index (χ1n) is 8.60. The van der Waals surface area contributed by atoms with Crippen LogP contribution in [0.25, 0.3) is 11.0 Å². The Morgan fingerprint density at radius 2 is 1.96 bits per heavy atom. The second-order valence-corrected chi connectivity index (χ2v) is 6.44. The summed E-state index contributed by atoms with van der Waals surface area (Å²) in [5, 5.41) is 15.3. The van der Waals surface area contributed by atoms with Crippen LogP contribution in [-0.4, -0.2) is 39.9 Å². The fraction of sp³-hybridized carbons (Fsp3) is 0.556. The Balaban J connectivity index is 1.69. The summed E-state index contributed by atoms with van der Waals surface area (Å²) in [7, 11) is 0. The second kappa shape index (κ2) is 8.68. The summed E-state index contributed by atoms with van der Waals surface area (Å²) in [6.45, 7) is 7.83. The number of hydrogen-bond acceptors (Lipinski definition) is 3. The van der Waals surface area contributed by atoms with Gasteiger partial charge < -0.3 is 20.3 Å². The van der Waals surface area contributed by atoms with Gasteiger partial charge in [0.15, 0.2) is 0 Å². The molecule has 0 aliphatic carbocycles. The van der Waals surface area contributed by atoms with Gasteiger partial charge >= 0.3 is 6.03 Å². The Labute approximate surface area is 143 Å². The van der Waals surface area contributed by atoms with Gasteiger partial charge in [0.2, 0.25) is 0 Å². The fourth-order valence-electron chi connectivity index (χ4n) is 2.65. The molecular formula is C18H28N4O2. The Morgan fingerprint density at radius 1 is 1.25 bits per heavy atom. The van der Waals surface area contributed by atoms with E-state index in [0.717, 1.165) is 29.8 Å². The Morgan fingerprint density at radius 3 is 2.71 bits per heavy atom. The first-order valence-corrected chi connectivity index (χ1v) is 8.60. The highest BCUT2D eigenvalue weighted by Gasteiger charge is 2.09. The number of amides is 2. The average Bonchev–Trinajstić information content (AvgIpc) is 2.87. The van der Waals surface area contributed by atoms with Crippen LogP contribution in [0, 0.1) is 12.8 Å². The highest BCUT2D eigenvalue weighted by atomic mass is 16.3. The average molecular weight is 332 g/mol. The number of aliphatic hydroxyl groups excluding tert-OH is 1. The van der Waals surface area contributed by atoms with E-state index in [1.54, 1.807) is 0 Å². The molecule has 3 N–H and O–H groups in total. The largest absolute Gasteiger partial charge is 0.393 e. The van der Waals surface area contributed by atoms with Gasteiger partial charge in [0, 0.05) is 19.6 Å². The van der Waals surface area contributed by atoms with Crippen molar-refractivity contribution in [3.05, 3.63) is 30.1 Å². The van der Waals surface area contributed by atoms with E-state index in [0.29, 0.717) is 19.5 Å². The van der Waals surface area contributed by atoms with E-state index < -0.39 is 0 Å². The van der Waals surface area contributed by atoms with Gasteiger partial charge in [-0.1, -0.05) is 26.0 Å². The molecule has 0 aliphatic rings. The van der Waals surface area contributed by atoms with E-state index >= 15 is 0 Å². The molecule has 0 saturated carbocycles. The van der Waals surface area contributed by atoms with Gasteiger partial charge in [0.1, 0.15) is 5.82 Å². The molecule has 1 aromatic heterocycles. The molecule has 1 heterocycles. The van der Waals surface area contributed by atoms with Crippen molar-refractivity contribution in [2.45, 2.75) is 46.3 Å². The number of urea groups is 1. The Hall–Kier alpha value is -2.08. The molecule has 0 bridgehead atoms. The van der Waals surface area contributed by atoms with Crippen molar-refractivity contribution in [2.75, 3.05) is 13.1 Å². The lowest BCUT2D eigenvalue weighted by Crippen LogP contribution is -2.38. The molecule has 1 aromatic carbocycles. The summed E-state index contributed by atoms with van der Waals surface area (Å²) < 4.78 is 2.17. The van der Waals surface area contributed by atoms with Crippen LogP contribution in [-0.2, 0) is 6.54 Å². The standard InChI is InChI=1S/C18H28N4O2/c1-13(2)17(23)9-11-20-18(24)19-10-6-12-22-14(3)21-15-7-4-5-8-16(15)22/h4-5,7-8,13,17,23H,6,9-12H2,1-3H3,(H2,19,20,24). The summed E-state index contributed by atoms with van der Waals surface area (Å²) in [6.07, 6.45) is 1.04. The van der Waals surface area contributed by atoms with Gasteiger partial charge in [-0.05, 0) is 37.8 Å². The minimum absolute atomic E-state index is 0.182. The molecule has 0 radical (unpaired) electrons. The summed E-state index contributed by atoms with van der Waals surface area (Å²) in [5.41, 5.74) is 2.13. The normalized spacial score (nSPS) is 12.5. The number of benzene rings is 1. The van der Waals surface area contributed by atoms with Crippen LogP contribution in [0.4, 0.5) is 4.79 Å². The zero-order chi connectivity index (χ0) is 17.5. The Bertz CT molecular complexity index is 666. The topological polar surface area (TPSA) is 79.2 Å². The second-order valence-electron chi connectivity index (χ2n) is 6.44. The molecular weight excluding hydrogens is 304 g/mol. The van der Waals surface area contributed by atoms with E-state index in [1.165, 1.54) is 0 Å². The summed E-state index contributed by atoms with van der Waals surface area (Å²) in [6, 6.07) is 7.89. The van der Waals surface area contributed by atoms with Crippen LogP contribution >= 0.6 is 0 Å². The quantitative estimate of drug-likeness (QED) is 0.650. The van der Waals surface area contributed by atoms with Crippen molar-refractivity contribution >= 4 is 17.1 Å². The molecule has 0 spiro atoms. The van der Waals surface area contributed by atoms with Crippen LogP contribution in [0.2, 0.25) is 0 Å². The zero-order valence-corrected chi connectivity index (χ0v) is 14.7. The van der Waals surface area contributed by atoms with Crippen molar-refractivity contribution in [1.29, 1.82) is 0 Å². The third-order valence-corrected chi connectivity index (χ3v) is 4.18. The van der Waals surface area contributed by atoms with Crippen molar-refractivity contribution in [2.24, 2.45) is 5.92 Å². The fourth-order valence-corrected chi connectivity index (χ4v) is 2.65. The molecule has 24 heavy (non-hydrogen) atoms. The molecule has 6 nitrogen and oxygen atoms in total. The van der Waals surface area contributed by atoms with Crippen LogP contribution < -0.4 is 10.6 Å². The predicted molar refractivity (Wildman–Crippen MR) is 96.0 cm³/mol. The number of rotatable bonds is 8. The van der Waals surface area contributed by atoms with Gasteiger partial charge in [-0.2, -0.15) is 0 Å². The number of hydrogen-bond donors (Lipinski definition) is 3. The van der Waals surface area contributed by atoms with Crippen LogP contribution in [0.1, 0.15) is 32.5 Å². The summed E-state index contributed by atoms with van der Waals surface area (Å²) >= 11 is 0. The maximum absolute atomic E-state index is 11.7. The maximum atomic E-state index is 11.7. The van der Waals surface area contributed by atoms with Crippen LogP contribution in [0.5, 0.6) is 0 Å². The van der Waals surface area contributed by atoms with E-state index in [9.17, 15) is 9.90 Å². The van der Waals surface area contributed by atoms with Gasteiger partial charge in [-0.3, -0.25) is 0 Å². The predicted octanol–water partition coefficient (Wildman–Crippen LogP) is 2.44. The number of para-hydroxylation sites is 2. The number of aryl methyl sites for hydroxylation is 2. The molecule has 2 rings (SSSR count). The molecule has 2 amide bonds. The maximum Gasteiger partial charge on any atom is 0.314 e. The first kappa shape index (κ1) is 18.3. The van der Waals surface area contributed by atoms with Crippen molar-refractivity contribution in [3.63, 3.8) is 0 Å². The molecule has 132 valence electrons. The molecule has 1 atom stereocenters. The third kappa shape index (κ3) is 4.96. The van der Waals surface area contributed by atoms with Gasteiger partial charge in [-0.25, -0.2) is 9.78 Å². The number of nitrogens with one attached hydrogen (secondary N) is 2. The lowest BCUT2D eigenvalue weighted by atomic mass is 10.0.